The van der Waals surface area contributed by atoms with E-state index >= 15 is 0 Å². The minimum atomic E-state index is 0.460. The first-order valence-corrected chi connectivity index (χ1v) is 6.44. The molecule has 2 heteroatoms. The van der Waals surface area contributed by atoms with E-state index in [4.69, 9.17) is 5.73 Å². The van der Waals surface area contributed by atoms with Gasteiger partial charge in [-0.15, -0.1) is 11.3 Å². The molecule has 78 valence electrons. The van der Waals surface area contributed by atoms with Crippen molar-refractivity contribution < 1.29 is 0 Å². The van der Waals surface area contributed by atoms with Crippen molar-refractivity contribution in [1.29, 1.82) is 0 Å². The maximum absolute atomic E-state index is 6.07. The van der Waals surface area contributed by atoms with Gasteiger partial charge in [0.25, 0.3) is 0 Å². The molecule has 1 aromatic heterocycles. The molecule has 0 radical (unpaired) electrons. The lowest BCUT2D eigenvalue weighted by Crippen LogP contribution is -2.25. The van der Waals surface area contributed by atoms with Crippen LogP contribution in [0.4, 0.5) is 0 Å². The summed E-state index contributed by atoms with van der Waals surface area (Å²) >= 11 is 1.97. The van der Waals surface area contributed by atoms with Crippen LogP contribution in [0.2, 0.25) is 0 Å². The van der Waals surface area contributed by atoms with E-state index in [1.165, 1.54) is 41.9 Å². The van der Waals surface area contributed by atoms with E-state index < -0.39 is 0 Å². The summed E-state index contributed by atoms with van der Waals surface area (Å²) < 4.78 is 0. The minimum absolute atomic E-state index is 0.460. The van der Waals surface area contributed by atoms with Gasteiger partial charge in [-0.3, -0.25) is 0 Å². The Morgan fingerprint density at radius 1 is 1.36 bits per heavy atom. The zero-order chi connectivity index (χ0) is 9.97. The highest BCUT2D eigenvalue weighted by Crippen LogP contribution is 2.29. The largest absolute Gasteiger partial charge is 0.327 e. The Balaban J connectivity index is 1.96. The van der Waals surface area contributed by atoms with Crippen molar-refractivity contribution in [2.24, 2.45) is 11.7 Å². The molecule has 1 fully saturated rings. The maximum Gasteiger partial charge on any atom is 0.00706 e. The minimum Gasteiger partial charge on any atom is -0.327 e. The second-order valence-corrected chi connectivity index (χ2v) is 5.53. The Morgan fingerprint density at radius 3 is 2.71 bits per heavy atom. The Hall–Kier alpha value is -0.340. The molecule has 0 aliphatic heterocycles. The first-order valence-electron chi connectivity index (χ1n) is 5.62. The summed E-state index contributed by atoms with van der Waals surface area (Å²) in [6, 6.07) is 5.01. The quantitative estimate of drug-likeness (QED) is 0.813. The fourth-order valence-corrected chi connectivity index (χ4v) is 3.35. The van der Waals surface area contributed by atoms with Gasteiger partial charge >= 0.3 is 0 Å². The van der Waals surface area contributed by atoms with Crippen LogP contribution in [-0.2, 0) is 12.8 Å². The van der Waals surface area contributed by atoms with Crippen LogP contribution in [0.3, 0.4) is 0 Å². The number of nitrogens with two attached hydrogens (primary N) is 1. The third kappa shape index (κ3) is 2.18. The first-order chi connectivity index (χ1) is 6.79. The average Bonchev–Trinajstić information content (AvgIpc) is 2.77. The summed E-state index contributed by atoms with van der Waals surface area (Å²) in [6.45, 7) is 2.22. The molecule has 1 saturated carbocycles. The lowest BCUT2D eigenvalue weighted by Gasteiger charge is -2.13. The molecule has 2 unspecified atom stereocenters. The topological polar surface area (TPSA) is 26.0 Å². The summed E-state index contributed by atoms with van der Waals surface area (Å²) in [7, 11) is 0. The van der Waals surface area contributed by atoms with Crippen LogP contribution >= 0.6 is 11.3 Å². The van der Waals surface area contributed by atoms with E-state index in [9.17, 15) is 0 Å². The van der Waals surface area contributed by atoms with Gasteiger partial charge in [0, 0.05) is 15.8 Å². The van der Waals surface area contributed by atoms with Gasteiger partial charge in [0.05, 0.1) is 0 Å². The van der Waals surface area contributed by atoms with Crippen LogP contribution in [0.15, 0.2) is 12.1 Å². The average molecular weight is 209 g/mol. The number of hydrogen-bond acceptors (Lipinski definition) is 2. The molecule has 2 rings (SSSR count). The van der Waals surface area contributed by atoms with Crippen LogP contribution < -0.4 is 5.73 Å². The third-order valence-corrected chi connectivity index (χ3v) is 4.50. The van der Waals surface area contributed by atoms with Crippen molar-refractivity contribution >= 4 is 11.3 Å². The highest BCUT2D eigenvalue weighted by atomic mass is 32.1. The lowest BCUT2D eigenvalue weighted by atomic mass is 9.99. The van der Waals surface area contributed by atoms with Crippen LogP contribution in [0.25, 0.3) is 0 Å². The van der Waals surface area contributed by atoms with Gasteiger partial charge in [-0.1, -0.05) is 13.3 Å². The summed E-state index contributed by atoms with van der Waals surface area (Å²) in [5.41, 5.74) is 6.07. The normalized spacial score (nSPS) is 27.0. The van der Waals surface area contributed by atoms with E-state index in [-0.39, 0.29) is 0 Å². The van der Waals surface area contributed by atoms with Crippen LogP contribution in [-0.4, -0.2) is 6.04 Å². The zero-order valence-electron chi connectivity index (χ0n) is 8.83. The van der Waals surface area contributed by atoms with Crippen molar-refractivity contribution in [3.8, 4) is 0 Å². The summed E-state index contributed by atoms with van der Waals surface area (Å²) in [4.78, 5) is 3.04. The number of rotatable bonds is 3. The van der Waals surface area contributed by atoms with E-state index in [1.807, 2.05) is 11.3 Å². The number of aryl methyl sites for hydroxylation is 1. The van der Waals surface area contributed by atoms with Gasteiger partial charge < -0.3 is 5.73 Å². The third-order valence-electron chi connectivity index (χ3n) is 3.25. The van der Waals surface area contributed by atoms with Gasteiger partial charge in [-0.05, 0) is 43.7 Å². The molecule has 0 amide bonds. The van der Waals surface area contributed by atoms with Crippen LogP contribution in [0, 0.1) is 5.92 Å². The number of hydrogen-bond donors (Lipinski definition) is 1. The smallest absolute Gasteiger partial charge is 0.00706 e. The van der Waals surface area contributed by atoms with E-state index in [2.05, 4.69) is 19.1 Å². The molecule has 1 aromatic rings. The molecule has 1 heterocycles. The van der Waals surface area contributed by atoms with Crippen molar-refractivity contribution in [2.75, 3.05) is 0 Å². The molecule has 2 atom stereocenters. The molecule has 2 N–H and O–H groups in total. The molecular weight excluding hydrogens is 190 g/mol. The van der Waals surface area contributed by atoms with E-state index in [0.717, 1.165) is 5.92 Å². The molecule has 1 aliphatic carbocycles. The fourth-order valence-electron chi connectivity index (χ4n) is 2.30. The summed E-state index contributed by atoms with van der Waals surface area (Å²) in [6.07, 6.45) is 6.28. The zero-order valence-corrected chi connectivity index (χ0v) is 9.65. The van der Waals surface area contributed by atoms with Gasteiger partial charge in [0.2, 0.25) is 0 Å². The number of thiophene rings is 1. The SMILES string of the molecule is CCc1ccc(CC2CCCC2N)s1. The summed E-state index contributed by atoms with van der Waals surface area (Å²) in [5, 5.41) is 0. The van der Waals surface area contributed by atoms with E-state index in [0.29, 0.717) is 6.04 Å². The lowest BCUT2D eigenvalue weighted by molar-refractivity contribution is 0.482. The standard InChI is InChI=1S/C12H19NS/c1-2-10-6-7-11(14-10)8-9-4-3-5-12(9)13/h6-7,9,12H,2-5,8,13H2,1H3. The fraction of sp³-hybridized carbons (Fsp3) is 0.667. The summed E-state index contributed by atoms with van der Waals surface area (Å²) in [5.74, 6) is 0.748. The Bertz CT molecular complexity index is 292. The predicted molar refractivity (Wildman–Crippen MR) is 62.7 cm³/mol. The van der Waals surface area contributed by atoms with E-state index in [1.54, 1.807) is 0 Å². The van der Waals surface area contributed by atoms with Gasteiger partial charge in [0.1, 0.15) is 0 Å². The van der Waals surface area contributed by atoms with Crippen LogP contribution in [0.1, 0.15) is 35.9 Å². The molecule has 0 aromatic carbocycles. The van der Waals surface area contributed by atoms with Gasteiger partial charge in [0.15, 0.2) is 0 Å². The Morgan fingerprint density at radius 2 is 2.14 bits per heavy atom. The molecule has 0 bridgehead atoms. The monoisotopic (exact) mass is 209 g/mol. The highest BCUT2D eigenvalue weighted by Gasteiger charge is 2.24. The van der Waals surface area contributed by atoms with Crippen molar-refractivity contribution in [2.45, 2.75) is 45.1 Å². The van der Waals surface area contributed by atoms with Gasteiger partial charge in [-0.25, -0.2) is 0 Å². The molecule has 14 heavy (non-hydrogen) atoms. The molecular formula is C12H19NS. The van der Waals surface area contributed by atoms with Crippen molar-refractivity contribution in [3.63, 3.8) is 0 Å². The second-order valence-electron chi connectivity index (χ2n) is 4.28. The molecule has 1 aliphatic rings. The van der Waals surface area contributed by atoms with Crippen molar-refractivity contribution in [1.82, 2.24) is 0 Å². The molecule has 0 spiro atoms. The maximum atomic E-state index is 6.07. The Kier molecular flexibility index (Phi) is 3.24. The first kappa shape index (κ1) is 10.2. The Labute approximate surface area is 90.3 Å². The van der Waals surface area contributed by atoms with Crippen molar-refractivity contribution in [3.05, 3.63) is 21.9 Å². The van der Waals surface area contributed by atoms with Crippen LogP contribution in [0.5, 0.6) is 0 Å². The predicted octanol–water partition coefficient (Wildman–Crippen LogP) is 2.98. The second kappa shape index (κ2) is 4.45. The van der Waals surface area contributed by atoms with Gasteiger partial charge in [-0.2, -0.15) is 0 Å². The molecule has 1 nitrogen and oxygen atoms in total. The highest BCUT2D eigenvalue weighted by molar-refractivity contribution is 7.11. The molecule has 0 saturated heterocycles.